The number of hydrogen-bond acceptors (Lipinski definition) is 3. The molecule has 18 heavy (non-hydrogen) atoms. The zero-order chi connectivity index (χ0) is 13.6. The normalized spacial score (nSPS) is 11.5. The van der Waals surface area contributed by atoms with Crippen LogP contribution in [0, 0.1) is 0 Å². The molecule has 0 saturated carbocycles. The van der Waals surface area contributed by atoms with Crippen LogP contribution in [0.3, 0.4) is 0 Å². The summed E-state index contributed by atoms with van der Waals surface area (Å²) in [6.45, 7) is 2.18. The summed E-state index contributed by atoms with van der Waals surface area (Å²) >= 11 is 5.90. The first-order chi connectivity index (χ1) is 8.48. The fourth-order valence-corrected chi connectivity index (χ4v) is 2.91. The highest BCUT2D eigenvalue weighted by Gasteiger charge is 2.09. The first-order valence-electron chi connectivity index (χ1n) is 5.78. The molecule has 0 saturated heterocycles. The van der Waals surface area contributed by atoms with Crippen LogP contribution in [-0.4, -0.2) is 27.8 Å². The van der Waals surface area contributed by atoms with Crippen molar-refractivity contribution in [2.45, 2.75) is 19.8 Å². The van der Waals surface area contributed by atoms with Gasteiger partial charge in [-0.2, -0.15) is 0 Å². The highest BCUT2D eigenvalue weighted by molar-refractivity contribution is 7.89. The number of halogens is 1. The monoisotopic (exact) mass is 291 g/mol. The number of nitrogens with one attached hydrogen (secondary N) is 1. The highest BCUT2D eigenvalue weighted by Crippen LogP contribution is 2.22. The van der Waals surface area contributed by atoms with E-state index in [0.29, 0.717) is 30.2 Å². The lowest BCUT2D eigenvalue weighted by molar-refractivity contribution is 0.409. The third-order valence-corrected chi connectivity index (χ3v) is 4.26. The molecule has 4 nitrogen and oxygen atoms in total. The van der Waals surface area contributed by atoms with Gasteiger partial charge in [-0.3, -0.25) is 0 Å². The predicted molar refractivity (Wildman–Crippen MR) is 73.8 cm³/mol. The molecule has 0 aliphatic carbocycles. The van der Waals surface area contributed by atoms with E-state index in [1.807, 2.05) is 6.92 Å². The number of sulfonamides is 1. The molecule has 0 spiro atoms. The standard InChI is InChI=1S/C12H18ClNO3S/c1-3-8-18(15,16)14-7-6-10-9-11(13)4-5-12(10)17-2/h4-5,9,14H,3,6-8H2,1-2H3. The summed E-state index contributed by atoms with van der Waals surface area (Å²) in [4.78, 5) is 0. The van der Waals surface area contributed by atoms with Crippen molar-refractivity contribution in [1.82, 2.24) is 4.72 Å². The molecule has 0 heterocycles. The Balaban J connectivity index is 2.61. The number of methoxy groups -OCH3 is 1. The fourth-order valence-electron chi connectivity index (χ4n) is 1.62. The van der Waals surface area contributed by atoms with E-state index in [0.717, 1.165) is 5.56 Å². The van der Waals surface area contributed by atoms with Crippen LogP contribution >= 0.6 is 11.6 Å². The molecule has 0 amide bonds. The summed E-state index contributed by atoms with van der Waals surface area (Å²) in [6.07, 6.45) is 1.16. The zero-order valence-corrected chi connectivity index (χ0v) is 12.1. The van der Waals surface area contributed by atoms with Gasteiger partial charge in [0, 0.05) is 11.6 Å². The van der Waals surface area contributed by atoms with Crippen molar-refractivity contribution in [2.75, 3.05) is 19.4 Å². The van der Waals surface area contributed by atoms with E-state index in [2.05, 4.69) is 4.72 Å². The molecular formula is C12H18ClNO3S. The minimum Gasteiger partial charge on any atom is -0.496 e. The van der Waals surface area contributed by atoms with Crippen LogP contribution in [0.1, 0.15) is 18.9 Å². The first kappa shape index (κ1) is 15.3. The smallest absolute Gasteiger partial charge is 0.211 e. The minimum absolute atomic E-state index is 0.152. The molecule has 0 radical (unpaired) electrons. The van der Waals surface area contributed by atoms with Crippen LogP contribution in [0.5, 0.6) is 5.75 Å². The van der Waals surface area contributed by atoms with Gasteiger partial charge in [0.1, 0.15) is 5.75 Å². The van der Waals surface area contributed by atoms with E-state index in [1.165, 1.54) is 0 Å². The van der Waals surface area contributed by atoms with Gasteiger partial charge in [-0.1, -0.05) is 18.5 Å². The van der Waals surface area contributed by atoms with Gasteiger partial charge in [0.25, 0.3) is 0 Å². The molecule has 0 atom stereocenters. The highest BCUT2D eigenvalue weighted by atomic mass is 35.5. The summed E-state index contributed by atoms with van der Waals surface area (Å²) < 4.78 is 30.7. The van der Waals surface area contributed by atoms with Crippen LogP contribution in [0.2, 0.25) is 5.02 Å². The van der Waals surface area contributed by atoms with E-state index in [4.69, 9.17) is 16.3 Å². The van der Waals surface area contributed by atoms with Crippen LogP contribution < -0.4 is 9.46 Å². The Morgan fingerprint density at radius 1 is 1.39 bits per heavy atom. The second-order valence-electron chi connectivity index (χ2n) is 3.92. The molecule has 102 valence electrons. The summed E-state index contributed by atoms with van der Waals surface area (Å²) in [7, 11) is -1.58. The number of rotatable bonds is 7. The van der Waals surface area contributed by atoms with Crippen molar-refractivity contribution >= 4 is 21.6 Å². The number of hydrogen-bond donors (Lipinski definition) is 1. The van der Waals surface area contributed by atoms with Gasteiger partial charge < -0.3 is 4.74 Å². The van der Waals surface area contributed by atoms with E-state index in [1.54, 1.807) is 25.3 Å². The molecule has 0 unspecified atom stereocenters. The van der Waals surface area contributed by atoms with Crippen LogP contribution in [0.4, 0.5) is 0 Å². The van der Waals surface area contributed by atoms with Gasteiger partial charge >= 0.3 is 0 Å². The van der Waals surface area contributed by atoms with Crippen LogP contribution in [0.25, 0.3) is 0 Å². The third-order valence-electron chi connectivity index (χ3n) is 2.43. The molecule has 0 aliphatic rings. The lowest BCUT2D eigenvalue weighted by atomic mass is 10.1. The Labute approximate surface area is 113 Å². The average Bonchev–Trinajstić information content (AvgIpc) is 2.29. The van der Waals surface area contributed by atoms with Gasteiger partial charge in [0.2, 0.25) is 10.0 Å². The van der Waals surface area contributed by atoms with Gasteiger partial charge in [0.15, 0.2) is 0 Å². The molecular weight excluding hydrogens is 274 g/mol. The second-order valence-corrected chi connectivity index (χ2v) is 6.28. The molecule has 0 bridgehead atoms. The predicted octanol–water partition coefficient (Wildman–Crippen LogP) is 2.22. The molecule has 1 N–H and O–H groups in total. The first-order valence-corrected chi connectivity index (χ1v) is 7.81. The third kappa shape index (κ3) is 4.84. The topological polar surface area (TPSA) is 55.4 Å². The number of ether oxygens (including phenoxy) is 1. The maximum Gasteiger partial charge on any atom is 0.211 e. The quantitative estimate of drug-likeness (QED) is 0.838. The fraction of sp³-hybridized carbons (Fsp3) is 0.500. The van der Waals surface area contributed by atoms with Gasteiger partial charge in [-0.25, -0.2) is 13.1 Å². The van der Waals surface area contributed by atoms with Gasteiger partial charge in [-0.15, -0.1) is 0 Å². The minimum atomic E-state index is -3.16. The van der Waals surface area contributed by atoms with Crippen molar-refractivity contribution in [1.29, 1.82) is 0 Å². The molecule has 0 fully saturated rings. The lowest BCUT2D eigenvalue weighted by Gasteiger charge is -2.09. The Morgan fingerprint density at radius 2 is 2.11 bits per heavy atom. The maximum absolute atomic E-state index is 11.5. The van der Waals surface area contributed by atoms with Crippen molar-refractivity contribution in [3.63, 3.8) is 0 Å². The molecule has 0 aliphatic heterocycles. The SMILES string of the molecule is CCCS(=O)(=O)NCCc1cc(Cl)ccc1OC. The van der Waals surface area contributed by atoms with Crippen molar-refractivity contribution in [3.8, 4) is 5.75 Å². The van der Waals surface area contributed by atoms with Crippen molar-refractivity contribution < 1.29 is 13.2 Å². The Kier molecular flexibility index (Phi) is 5.91. The van der Waals surface area contributed by atoms with Crippen molar-refractivity contribution in [3.05, 3.63) is 28.8 Å². The average molecular weight is 292 g/mol. The Morgan fingerprint density at radius 3 is 2.72 bits per heavy atom. The molecule has 1 aromatic carbocycles. The van der Waals surface area contributed by atoms with E-state index >= 15 is 0 Å². The summed E-state index contributed by atoms with van der Waals surface area (Å²) in [5.74, 6) is 0.869. The van der Waals surface area contributed by atoms with E-state index < -0.39 is 10.0 Å². The second kappa shape index (κ2) is 6.97. The van der Waals surface area contributed by atoms with Gasteiger partial charge in [0.05, 0.1) is 12.9 Å². The summed E-state index contributed by atoms with van der Waals surface area (Å²) in [6, 6.07) is 5.30. The Bertz CT molecular complexity index is 488. The molecule has 1 rings (SSSR count). The molecule has 6 heteroatoms. The molecule has 1 aromatic rings. The van der Waals surface area contributed by atoms with Crippen LogP contribution in [-0.2, 0) is 16.4 Å². The summed E-state index contributed by atoms with van der Waals surface area (Å²) in [5.41, 5.74) is 0.893. The Hall–Kier alpha value is -0.780. The van der Waals surface area contributed by atoms with Crippen LogP contribution in [0.15, 0.2) is 18.2 Å². The summed E-state index contributed by atoms with van der Waals surface area (Å²) in [5, 5.41) is 0.613. The van der Waals surface area contributed by atoms with E-state index in [-0.39, 0.29) is 5.75 Å². The molecule has 0 aromatic heterocycles. The van der Waals surface area contributed by atoms with Gasteiger partial charge in [-0.05, 0) is 36.6 Å². The number of benzene rings is 1. The maximum atomic E-state index is 11.5. The zero-order valence-electron chi connectivity index (χ0n) is 10.6. The van der Waals surface area contributed by atoms with E-state index in [9.17, 15) is 8.42 Å². The van der Waals surface area contributed by atoms with Crippen molar-refractivity contribution in [2.24, 2.45) is 0 Å². The lowest BCUT2D eigenvalue weighted by Crippen LogP contribution is -2.28. The largest absolute Gasteiger partial charge is 0.496 e.